The van der Waals surface area contributed by atoms with Gasteiger partial charge in [-0.2, -0.15) is 4.57 Å². The minimum Gasteiger partial charge on any atom is -1.00 e. The Hall–Kier alpha value is -2.61. The van der Waals surface area contributed by atoms with Gasteiger partial charge in [0.1, 0.15) is 5.56 Å². The number of pyridine rings is 1. The van der Waals surface area contributed by atoms with E-state index in [1.54, 1.807) is 18.3 Å². The molecule has 0 aliphatic heterocycles. The molecule has 114 valence electrons. The molecule has 1 heterocycles. The lowest BCUT2D eigenvalue weighted by molar-refractivity contribution is -0.683. The van der Waals surface area contributed by atoms with Crippen LogP contribution in [0.15, 0.2) is 48.8 Å². The van der Waals surface area contributed by atoms with E-state index in [2.05, 4.69) is 0 Å². The second-order valence-corrected chi connectivity index (χ2v) is 4.36. The summed E-state index contributed by atoms with van der Waals surface area (Å²) in [6, 6.07) is 8.52. The summed E-state index contributed by atoms with van der Waals surface area (Å²) < 4.78 is 1.53. The molecular weight excluding hydrogens is 354 g/mol. The first kappa shape index (κ1) is 17.4. The molecule has 0 fully saturated rings. The molecule has 22 heavy (non-hydrogen) atoms. The average Bonchev–Trinajstić information content (AvgIpc) is 2.47. The number of nitrogens with zero attached hydrogens (tertiary/aromatic N) is 2. The summed E-state index contributed by atoms with van der Waals surface area (Å²) in [7, 11) is 0. The highest BCUT2D eigenvalue weighted by Gasteiger charge is 2.15. The van der Waals surface area contributed by atoms with Crippen molar-refractivity contribution in [3.63, 3.8) is 0 Å². The van der Waals surface area contributed by atoms with Crippen molar-refractivity contribution in [2.75, 3.05) is 0 Å². The lowest BCUT2D eigenvalue weighted by Gasteiger charge is -1.99. The van der Waals surface area contributed by atoms with Crippen LogP contribution in [0.5, 0.6) is 0 Å². The third-order valence-electron chi connectivity index (χ3n) is 2.87. The number of non-ortho nitro benzene ring substituents is 1. The van der Waals surface area contributed by atoms with Gasteiger partial charge >= 0.3 is 0 Å². The maximum absolute atomic E-state index is 12.1. The second kappa shape index (κ2) is 7.41. The Morgan fingerprint density at radius 2 is 1.77 bits per heavy atom. The molecule has 1 aromatic heterocycles. The standard InChI is InChI=1S/C14H11N3O4.BrH/c15-14(19)11-2-1-7-16(8-11)9-13(18)10-3-5-12(6-4-10)17(20)21;/h1-8H,9H2,(H-,15,19);1H. The molecule has 1 aromatic carbocycles. The molecule has 0 spiro atoms. The third-order valence-corrected chi connectivity index (χ3v) is 2.87. The predicted octanol–water partition coefficient (Wildman–Crippen LogP) is -2.13. The van der Waals surface area contributed by atoms with E-state index in [0.717, 1.165) is 0 Å². The fraction of sp³-hybridized carbons (Fsp3) is 0.0714. The van der Waals surface area contributed by atoms with Gasteiger partial charge in [0.25, 0.3) is 11.6 Å². The Labute approximate surface area is 136 Å². The molecule has 2 aromatic rings. The number of halogens is 1. The van der Waals surface area contributed by atoms with Gasteiger partial charge in [0, 0.05) is 23.8 Å². The van der Waals surface area contributed by atoms with Crippen molar-refractivity contribution in [2.45, 2.75) is 6.54 Å². The third kappa shape index (κ3) is 4.19. The molecule has 0 saturated heterocycles. The number of amides is 1. The molecule has 0 radical (unpaired) electrons. The Bertz CT molecular complexity index is 716. The number of carbonyl (C=O) groups is 2. The fourth-order valence-corrected chi connectivity index (χ4v) is 1.79. The maximum atomic E-state index is 12.1. The number of Topliss-reactive ketones (excluding diaryl/α,β-unsaturated/α-hetero) is 1. The van der Waals surface area contributed by atoms with Crippen LogP contribution in [0.2, 0.25) is 0 Å². The molecule has 0 bridgehead atoms. The number of nitro benzene ring substituents is 1. The molecule has 8 heteroatoms. The largest absolute Gasteiger partial charge is 1.00 e. The number of benzene rings is 1. The predicted molar refractivity (Wildman–Crippen MR) is 72.6 cm³/mol. The Balaban J connectivity index is 0.00000242. The van der Waals surface area contributed by atoms with Crippen molar-refractivity contribution in [2.24, 2.45) is 5.73 Å². The molecule has 7 nitrogen and oxygen atoms in total. The van der Waals surface area contributed by atoms with Crippen LogP contribution in [0.1, 0.15) is 20.7 Å². The van der Waals surface area contributed by atoms with E-state index in [0.29, 0.717) is 11.1 Å². The molecule has 0 aliphatic rings. The summed E-state index contributed by atoms with van der Waals surface area (Å²) in [5, 5.41) is 10.5. The lowest BCUT2D eigenvalue weighted by Crippen LogP contribution is -3.00. The number of hydrogen-bond acceptors (Lipinski definition) is 4. The number of nitro groups is 1. The van der Waals surface area contributed by atoms with Crippen LogP contribution in [-0.4, -0.2) is 16.6 Å². The highest BCUT2D eigenvalue weighted by atomic mass is 79.9. The fourth-order valence-electron chi connectivity index (χ4n) is 1.79. The van der Waals surface area contributed by atoms with E-state index in [1.165, 1.54) is 35.0 Å². The van der Waals surface area contributed by atoms with Gasteiger partial charge in [-0.3, -0.25) is 19.7 Å². The molecular formula is C14H12BrN3O4. The van der Waals surface area contributed by atoms with E-state index < -0.39 is 10.8 Å². The molecule has 2 N–H and O–H groups in total. The Kier molecular flexibility index (Phi) is 5.88. The first-order valence-electron chi connectivity index (χ1n) is 6.04. The molecule has 0 unspecified atom stereocenters. The van der Waals surface area contributed by atoms with Crippen LogP contribution in [0.4, 0.5) is 5.69 Å². The Morgan fingerprint density at radius 1 is 1.14 bits per heavy atom. The Morgan fingerprint density at radius 3 is 2.32 bits per heavy atom. The number of rotatable bonds is 5. The van der Waals surface area contributed by atoms with E-state index in [4.69, 9.17) is 5.73 Å². The zero-order chi connectivity index (χ0) is 15.4. The number of nitrogens with two attached hydrogens (primary N) is 1. The number of aromatic nitrogens is 1. The first-order chi connectivity index (χ1) is 9.97. The van der Waals surface area contributed by atoms with Gasteiger partial charge in [0.2, 0.25) is 12.3 Å². The highest BCUT2D eigenvalue weighted by molar-refractivity contribution is 5.95. The van der Waals surface area contributed by atoms with Gasteiger partial charge in [0.15, 0.2) is 12.4 Å². The quantitative estimate of drug-likeness (QED) is 0.282. The van der Waals surface area contributed by atoms with E-state index in [9.17, 15) is 19.7 Å². The first-order valence-corrected chi connectivity index (χ1v) is 6.04. The van der Waals surface area contributed by atoms with Crippen LogP contribution in [0, 0.1) is 10.1 Å². The van der Waals surface area contributed by atoms with Gasteiger partial charge < -0.3 is 22.7 Å². The van der Waals surface area contributed by atoms with Gasteiger partial charge in [-0.1, -0.05) is 0 Å². The molecule has 0 atom stereocenters. The van der Waals surface area contributed by atoms with Crippen molar-refractivity contribution in [3.8, 4) is 0 Å². The van der Waals surface area contributed by atoms with Crippen molar-refractivity contribution in [1.29, 1.82) is 0 Å². The summed E-state index contributed by atoms with van der Waals surface area (Å²) >= 11 is 0. The van der Waals surface area contributed by atoms with Crippen LogP contribution >= 0.6 is 0 Å². The number of hydrogen-bond donors (Lipinski definition) is 1. The van der Waals surface area contributed by atoms with Crippen LogP contribution < -0.4 is 27.3 Å². The summed E-state index contributed by atoms with van der Waals surface area (Å²) in [5.41, 5.74) is 5.75. The SMILES string of the molecule is NC(=O)c1ccc[n+](CC(=O)c2ccc([N+](=O)[O-])cc2)c1.[Br-]. The summed E-state index contributed by atoms with van der Waals surface area (Å²) in [4.78, 5) is 33.2. The molecule has 2 rings (SSSR count). The maximum Gasteiger partial charge on any atom is 0.269 e. The van der Waals surface area contributed by atoms with Gasteiger partial charge in [-0.15, -0.1) is 0 Å². The van der Waals surface area contributed by atoms with E-state index in [1.807, 2.05) is 0 Å². The smallest absolute Gasteiger partial charge is 0.269 e. The van der Waals surface area contributed by atoms with E-state index >= 15 is 0 Å². The zero-order valence-corrected chi connectivity index (χ0v) is 12.9. The monoisotopic (exact) mass is 365 g/mol. The van der Waals surface area contributed by atoms with Crippen LogP contribution in [-0.2, 0) is 6.54 Å². The zero-order valence-electron chi connectivity index (χ0n) is 11.3. The van der Waals surface area contributed by atoms with Crippen molar-refractivity contribution < 1.29 is 36.1 Å². The van der Waals surface area contributed by atoms with Crippen molar-refractivity contribution in [1.82, 2.24) is 0 Å². The lowest BCUT2D eigenvalue weighted by atomic mass is 10.1. The summed E-state index contributed by atoms with van der Waals surface area (Å²) in [6.07, 6.45) is 3.11. The van der Waals surface area contributed by atoms with Crippen LogP contribution in [0.25, 0.3) is 0 Å². The van der Waals surface area contributed by atoms with E-state index in [-0.39, 0.29) is 35.0 Å². The van der Waals surface area contributed by atoms with Gasteiger partial charge in [-0.05, 0) is 18.2 Å². The summed E-state index contributed by atoms with van der Waals surface area (Å²) in [5.74, 6) is -0.802. The van der Waals surface area contributed by atoms with Gasteiger partial charge in [-0.25, -0.2) is 0 Å². The second-order valence-electron chi connectivity index (χ2n) is 4.36. The van der Waals surface area contributed by atoms with Crippen LogP contribution in [0.3, 0.4) is 0 Å². The number of primary amides is 1. The molecule has 0 saturated carbocycles. The average molecular weight is 366 g/mol. The topological polar surface area (TPSA) is 107 Å². The minimum absolute atomic E-state index is 0. The van der Waals surface area contributed by atoms with Crippen molar-refractivity contribution in [3.05, 3.63) is 70.0 Å². The van der Waals surface area contributed by atoms with Crippen molar-refractivity contribution >= 4 is 17.4 Å². The highest BCUT2D eigenvalue weighted by Crippen LogP contribution is 2.12. The normalized spacial score (nSPS) is 9.64. The van der Waals surface area contributed by atoms with Gasteiger partial charge in [0.05, 0.1) is 4.92 Å². The minimum atomic E-state index is -0.577. The molecule has 0 aliphatic carbocycles. The summed E-state index contributed by atoms with van der Waals surface area (Å²) in [6.45, 7) is 0.0128. The number of carbonyl (C=O) groups excluding carboxylic acids is 2. The molecule has 1 amide bonds. The number of ketones is 1.